The Morgan fingerprint density at radius 1 is 1.24 bits per heavy atom. The van der Waals surface area contributed by atoms with Crippen molar-refractivity contribution in [1.29, 1.82) is 0 Å². The topological polar surface area (TPSA) is 78.3 Å². The molecule has 1 unspecified atom stereocenters. The molecule has 0 aliphatic rings. The third kappa shape index (κ3) is 5.05. The molecular formula is C17H28N2O2. The van der Waals surface area contributed by atoms with E-state index >= 15 is 0 Å². The Kier molecular flexibility index (Phi) is 5.40. The molecule has 0 aliphatic heterocycles. The van der Waals surface area contributed by atoms with Crippen LogP contribution in [0.25, 0.3) is 0 Å². The molecule has 0 radical (unpaired) electrons. The summed E-state index contributed by atoms with van der Waals surface area (Å²) in [5.74, 6) is 0.397. The van der Waals surface area contributed by atoms with E-state index in [1.54, 1.807) is 6.92 Å². The highest BCUT2D eigenvalue weighted by Gasteiger charge is 2.24. The van der Waals surface area contributed by atoms with Gasteiger partial charge < -0.3 is 16.2 Å². The number of nitrogens with two attached hydrogens (primary N) is 2. The summed E-state index contributed by atoms with van der Waals surface area (Å²) < 4.78 is 5.77. The molecule has 1 aromatic carbocycles. The molecule has 21 heavy (non-hydrogen) atoms. The van der Waals surface area contributed by atoms with Crippen LogP contribution >= 0.6 is 0 Å². The predicted octanol–water partition coefficient (Wildman–Crippen LogP) is 2.65. The average molecular weight is 292 g/mol. The van der Waals surface area contributed by atoms with E-state index in [-0.39, 0.29) is 5.41 Å². The van der Waals surface area contributed by atoms with Crippen molar-refractivity contribution in [2.24, 2.45) is 11.5 Å². The minimum absolute atomic E-state index is 0.131. The summed E-state index contributed by atoms with van der Waals surface area (Å²) in [6.07, 6.45) is 1.21. The number of hydrogen-bond donors (Lipinski definition) is 2. The molecule has 1 atom stereocenters. The normalized spacial score (nSPS) is 14.6. The van der Waals surface area contributed by atoms with Crippen LogP contribution in [-0.2, 0) is 10.2 Å². The summed E-state index contributed by atoms with van der Waals surface area (Å²) in [7, 11) is 0. The fourth-order valence-corrected chi connectivity index (χ4v) is 2.02. The van der Waals surface area contributed by atoms with Gasteiger partial charge in [-0.1, -0.05) is 32.9 Å². The third-order valence-electron chi connectivity index (χ3n) is 3.70. The lowest BCUT2D eigenvalue weighted by Crippen LogP contribution is -2.49. The minimum Gasteiger partial charge on any atom is -0.493 e. The van der Waals surface area contributed by atoms with Gasteiger partial charge in [-0.25, -0.2) is 0 Å². The molecule has 118 valence electrons. The van der Waals surface area contributed by atoms with Crippen LogP contribution in [0.15, 0.2) is 18.2 Å². The zero-order valence-corrected chi connectivity index (χ0v) is 13.8. The molecule has 0 spiro atoms. The maximum Gasteiger partial charge on any atom is 0.237 e. The molecule has 0 saturated carbocycles. The van der Waals surface area contributed by atoms with Gasteiger partial charge in [0, 0.05) is 0 Å². The average Bonchev–Trinajstić information content (AvgIpc) is 2.34. The summed E-state index contributed by atoms with van der Waals surface area (Å²) >= 11 is 0. The van der Waals surface area contributed by atoms with Crippen molar-refractivity contribution in [3.05, 3.63) is 29.3 Å². The summed E-state index contributed by atoms with van der Waals surface area (Å²) in [5.41, 5.74) is 12.6. The molecule has 0 aromatic heterocycles. The van der Waals surface area contributed by atoms with Crippen LogP contribution in [0.4, 0.5) is 0 Å². The number of benzene rings is 1. The van der Waals surface area contributed by atoms with Crippen molar-refractivity contribution in [2.45, 2.75) is 58.4 Å². The number of hydrogen-bond acceptors (Lipinski definition) is 3. The van der Waals surface area contributed by atoms with Crippen LogP contribution in [0.3, 0.4) is 0 Å². The fourth-order valence-electron chi connectivity index (χ4n) is 2.02. The van der Waals surface area contributed by atoms with Crippen LogP contribution in [0.2, 0.25) is 0 Å². The third-order valence-corrected chi connectivity index (χ3v) is 3.70. The first kappa shape index (κ1) is 17.5. The highest BCUT2D eigenvalue weighted by Crippen LogP contribution is 2.27. The molecule has 4 nitrogen and oxygen atoms in total. The van der Waals surface area contributed by atoms with Crippen LogP contribution in [0.1, 0.15) is 51.7 Å². The van der Waals surface area contributed by atoms with E-state index < -0.39 is 11.4 Å². The highest BCUT2D eigenvalue weighted by atomic mass is 16.5. The van der Waals surface area contributed by atoms with Crippen molar-refractivity contribution in [3.8, 4) is 5.75 Å². The second-order valence-corrected chi connectivity index (χ2v) is 6.96. The highest BCUT2D eigenvalue weighted by molar-refractivity contribution is 5.83. The number of rotatable bonds is 6. The van der Waals surface area contributed by atoms with E-state index in [9.17, 15) is 4.79 Å². The van der Waals surface area contributed by atoms with Gasteiger partial charge in [0.05, 0.1) is 12.1 Å². The monoisotopic (exact) mass is 292 g/mol. The van der Waals surface area contributed by atoms with E-state index in [1.807, 2.05) is 13.0 Å². The van der Waals surface area contributed by atoms with Gasteiger partial charge >= 0.3 is 0 Å². The van der Waals surface area contributed by atoms with Gasteiger partial charge in [0.2, 0.25) is 5.91 Å². The molecular weight excluding hydrogens is 264 g/mol. The van der Waals surface area contributed by atoms with Gasteiger partial charge in [0.15, 0.2) is 0 Å². The van der Waals surface area contributed by atoms with Crippen LogP contribution in [0.5, 0.6) is 5.75 Å². The number of carbonyl (C=O) groups is 1. The Morgan fingerprint density at radius 3 is 2.33 bits per heavy atom. The van der Waals surface area contributed by atoms with Crippen molar-refractivity contribution in [2.75, 3.05) is 6.61 Å². The first-order chi connectivity index (χ1) is 9.54. The number of amides is 1. The van der Waals surface area contributed by atoms with E-state index in [1.165, 1.54) is 5.56 Å². The summed E-state index contributed by atoms with van der Waals surface area (Å²) in [6.45, 7) is 10.8. The van der Waals surface area contributed by atoms with Gasteiger partial charge in [0.25, 0.3) is 0 Å². The summed E-state index contributed by atoms with van der Waals surface area (Å²) in [5, 5.41) is 0. The lowest BCUT2D eigenvalue weighted by atomic mass is 9.86. The van der Waals surface area contributed by atoms with Gasteiger partial charge in [-0.2, -0.15) is 0 Å². The minimum atomic E-state index is -0.964. The van der Waals surface area contributed by atoms with Crippen molar-refractivity contribution >= 4 is 5.91 Å². The molecule has 0 aliphatic carbocycles. The summed E-state index contributed by atoms with van der Waals surface area (Å²) in [6, 6.07) is 6.26. The first-order valence-corrected chi connectivity index (χ1v) is 7.37. The smallest absolute Gasteiger partial charge is 0.237 e. The largest absolute Gasteiger partial charge is 0.493 e. The number of carbonyl (C=O) groups excluding carboxylic acids is 1. The Labute approximate surface area is 127 Å². The molecule has 0 bridgehead atoms. The van der Waals surface area contributed by atoms with E-state index in [2.05, 4.69) is 32.9 Å². The second-order valence-electron chi connectivity index (χ2n) is 6.96. The Balaban J connectivity index is 2.56. The van der Waals surface area contributed by atoms with Gasteiger partial charge in [-0.15, -0.1) is 0 Å². The second kappa shape index (κ2) is 6.48. The van der Waals surface area contributed by atoms with E-state index in [0.717, 1.165) is 11.3 Å². The standard InChI is InChI=1S/C17H28N2O2/c1-12-11-13(16(2,3)4)7-8-14(12)21-10-6-9-17(5,19)15(18)20/h7-8,11H,6,9-10,19H2,1-5H3,(H2,18,20). The Bertz CT molecular complexity index is 502. The van der Waals surface area contributed by atoms with Crippen molar-refractivity contribution < 1.29 is 9.53 Å². The van der Waals surface area contributed by atoms with Crippen molar-refractivity contribution in [3.63, 3.8) is 0 Å². The molecule has 0 heterocycles. The Hall–Kier alpha value is -1.55. The van der Waals surface area contributed by atoms with Gasteiger partial charge in [0.1, 0.15) is 5.75 Å². The summed E-state index contributed by atoms with van der Waals surface area (Å²) in [4.78, 5) is 11.1. The lowest BCUT2D eigenvalue weighted by Gasteiger charge is -2.22. The van der Waals surface area contributed by atoms with E-state index in [4.69, 9.17) is 16.2 Å². The van der Waals surface area contributed by atoms with Crippen LogP contribution in [-0.4, -0.2) is 18.1 Å². The molecule has 1 rings (SSSR count). The molecule has 1 amide bonds. The number of ether oxygens (including phenoxy) is 1. The lowest BCUT2D eigenvalue weighted by molar-refractivity contribution is -0.122. The number of aryl methyl sites for hydroxylation is 1. The SMILES string of the molecule is Cc1cc(C(C)(C)C)ccc1OCCCC(C)(N)C(N)=O. The zero-order valence-electron chi connectivity index (χ0n) is 13.8. The predicted molar refractivity (Wildman–Crippen MR) is 86.4 cm³/mol. The molecule has 0 fully saturated rings. The van der Waals surface area contributed by atoms with Crippen LogP contribution < -0.4 is 16.2 Å². The van der Waals surface area contributed by atoms with Crippen LogP contribution in [0, 0.1) is 6.92 Å². The quantitative estimate of drug-likeness (QED) is 0.791. The maximum absolute atomic E-state index is 11.1. The zero-order chi connectivity index (χ0) is 16.3. The van der Waals surface area contributed by atoms with E-state index in [0.29, 0.717) is 19.4 Å². The first-order valence-electron chi connectivity index (χ1n) is 7.37. The molecule has 4 heteroatoms. The molecule has 1 aromatic rings. The van der Waals surface area contributed by atoms with Crippen molar-refractivity contribution in [1.82, 2.24) is 0 Å². The van der Waals surface area contributed by atoms with Gasteiger partial charge in [-0.3, -0.25) is 4.79 Å². The van der Waals surface area contributed by atoms with Gasteiger partial charge in [-0.05, 0) is 49.3 Å². The fraction of sp³-hybridized carbons (Fsp3) is 0.588. The Morgan fingerprint density at radius 2 is 1.86 bits per heavy atom. The maximum atomic E-state index is 11.1. The molecule has 4 N–H and O–H groups in total. The molecule has 0 saturated heterocycles. The number of primary amides is 1.